The van der Waals surface area contributed by atoms with Crippen LogP contribution in [0.25, 0.3) is 0 Å². The van der Waals surface area contributed by atoms with Crippen LogP contribution in [0.4, 0.5) is 0 Å². The van der Waals surface area contributed by atoms with Gasteiger partial charge in [-0.25, -0.2) is 0 Å². The molecule has 0 aliphatic carbocycles. The average Bonchev–Trinajstić information content (AvgIpc) is 2.31. The number of hydrogen-bond donors (Lipinski definition) is 2. The SMILES string of the molecule is CNC(C)(CO)CN1CCN(CC(C)C)CC1. The lowest BCUT2D eigenvalue weighted by Crippen LogP contribution is -2.57. The summed E-state index contributed by atoms with van der Waals surface area (Å²) in [5, 5.41) is 12.6. The molecule has 17 heavy (non-hydrogen) atoms. The Hall–Kier alpha value is -0.160. The summed E-state index contributed by atoms with van der Waals surface area (Å²) in [5.74, 6) is 0.751. The van der Waals surface area contributed by atoms with E-state index >= 15 is 0 Å². The number of nitrogens with zero attached hydrogens (tertiary/aromatic N) is 2. The summed E-state index contributed by atoms with van der Waals surface area (Å²) < 4.78 is 0. The van der Waals surface area contributed by atoms with Crippen LogP contribution in [0.3, 0.4) is 0 Å². The largest absolute Gasteiger partial charge is 0.394 e. The molecule has 0 saturated carbocycles. The topological polar surface area (TPSA) is 38.7 Å². The summed E-state index contributed by atoms with van der Waals surface area (Å²) in [4.78, 5) is 4.99. The van der Waals surface area contributed by atoms with Gasteiger partial charge in [0.2, 0.25) is 0 Å². The second-order valence-electron chi connectivity index (χ2n) is 5.94. The summed E-state index contributed by atoms with van der Waals surface area (Å²) in [5.41, 5.74) is -0.166. The van der Waals surface area contributed by atoms with Crippen molar-refractivity contribution < 1.29 is 5.11 Å². The summed E-state index contributed by atoms with van der Waals surface area (Å²) in [7, 11) is 1.92. The normalized spacial score (nSPS) is 22.9. The molecular formula is C13H29N3O. The summed E-state index contributed by atoms with van der Waals surface area (Å²) in [6.07, 6.45) is 0. The van der Waals surface area contributed by atoms with Crippen LogP contribution in [0.15, 0.2) is 0 Å². The van der Waals surface area contributed by atoms with Gasteiger partial charge in [0.25, 0.3) is 0 Å². The zero-order chi connectivity index (χ0) is 12.9. The fraction of sp³-hybridized carbons (Fsp3) is 1.00. The highest BCUT2D eigenvalue weighted by atomic mass is 16.3. The molecule has 4 heteroatoms. The summed E-state index contributed by atoms with van der Waals surface area (Å²) >= 11 is 0. The maximum Gasteiger partial charge on any atom is 0.0623 e. The Labute approximate surface area is 106 Å². The van der Waals surface area contributed by atoms with Crippen LogP contribution >= 0.6 is 0 Å². The van der Waals surface area contributed by atoms with Crippen LogP contribution in [-0.2, 0) is 0 Å². The maximum atomic E-state index is 9.39. The van der Waals surface area contributed by atoms with E-state index in [9.17, 15) is 5.11 Å². The fourth-order valence-corrected chi connectivity index (χ4v) is 2.35. The number of piperazine rings is 1. The van der Waals surface area contributed by atoms with Crippen molar-refractivity contribution in [3.63, 3.8) is 0 Å². The van der Waals surface area contributed by atoms with Crippen molar-refractivity contribution in [1.82, 2.24) is 15.1 Å². The van der Waals surface area contributed by atoms with Gasteiger partial charge in [0.15, 0.2) is 0 Å². The molecule has 1 aliphatic heterocycles. The van der Waals surface area contributed by atoms with Gasteiger partial charge in [0, 0.05) is 39.3 Å². The van der Waals surface area contributed by atoms with E-state index in [1.165, 1.54) is 6.54 Å². The number of nitrogens with one attached hydrogen (secondary N) is 1. The molecule has 1 atom stereocenters. The molecule has 0 aromatic carbocycles. The van der Waals surface area contributed by atoms with Gasteiger partial charge in [-0.2, -0.15) is 0 Å². The second-order valence-corrected chi connectivity index (χ2v) is 5.94. The predicted octanol–water partition coefficient (Wildman–Crippen LogP) is 0.230. The second kappa shape index (κ2) is 6.69. The maximum absolute atomic E-state index is 9.39. The van der Waals surface area contributed by atoms with Crippen molar-refractivity contribution in [2.45, 2.75) is 26.3 Å². The number of hydrogen-bond acceptors (Lipinski definition) is 4. The molecule has 0 amide bonds. The van der Waals surface area contributed by atoms with E-state index in [0.717, 1.165) is 38.6 Å². The Bertz CT molecular complexity index is 209. The Morgan fingerprint density at radius 3 is 2.12 bits per heavy atom. The first-order valence-corrected chi connectivity index (χ1v) is 6.73. The Morgan fingerprint density at radius 1 is 1.18 bits per heavy atom. The first kappa shape index (κ1) is 14.9. The lowest BCUT2D eigenvalue weighted by molar-refractivity contribution is 0.0775. The minimum absolute atomic E-state index is 0.166. The number of rotatable bonds is 6. The molecule has 102 valence electrons. The highest BCUT2D eigenvalue weighted by molar-refractivity contribution is 4.86. The van der Waals surface area contributed by atoms with Crippen LogP contribution in [0.5, 0.6) is 0 Å². The number of aliphatic hydroxyl groups excluding tert-OH is 1. The van der Waals surface area contributed by atoms with Gasteiger partial charge in [0.05, 0.1) is 12.1 Å². The van der Waals surface area contributed by atoms with Gasteiger partial charge in [-0.05, 0) is 19.9 Å². The minimum Gasteiger partial charge on any atom is -0.394 e. The molecule has 1 saturated heterocycles. The number of aliphatic hydroxyl groups is 1. The first-order chi connectivity index (χ1) is 7.99. The molecule has 2 N–H and O–H groups in total. The summed E-state index contributed by atoms with van der Waals surface area (Å²) in [6.45, 7) is 13.5. The van der Waals surface area contributed by atoms with E-state index in [2.05, 4.69) is 35.9 Å². The van der Waals surface area contributed by atoms with E-state index in [1.807, 2.05) is 7.05 Å². The predicted molar refractivity (Wildman–Crippen MR) is 72.3 cm³/mol. The van der Waals surface area contributed by atoms with Crippen molar-refractivity contribution in [2.75, 3.05) is 52.9 Å². The van der Waals surface area contributed by atoms with Crippen molar-refractivity contribution in [3.05, 3.63) is 0 Å². The Kier molecular flexibility index (Phi) is 5.86. The van der Waals surface area contributed by atoms with Crippen molar-refractivity contribution in [1.29, 1.82) is 0 Å². The molecule has 0 radical (unpaired) electrons. The molecule has 1 aliphatic rings. The van der Waals surface area contributed by atoms with Crippen LogP contribution in [0.1, 0.15) is 20.8 Å². The van der Waals surface area contributed by atoms with E-state index in [1.54, 1.807) is 0 Å². The Balaban J connectivity index is 2.32. The molecule has 0 aromatic rings. The molecule has 0 aromatic heterocycles. The van der Waals surface area contributed by atoms with Gasteiger partial charge < -0.3 is 15.3 Å². The van der Waals surface area contributed by atoms with Crippen LogP contribution in [-0.4, -0.2) is 73.4 Å². The zero-order valence-electron chi connectivity index (χ0n) is 11.9. The van der Waals surface area contributed by atoms with E-state index in [4.69, 9.17) is 0 Å². The smallest absolute Gasteiger partial charge is 0.0623 e. The van der Waals surface area contributed by atoms with E-state index in [0.29, 0.717) is 0 Å². The zero-order valence-corrected chi connectivity index (χ0v) is 11.9. The number of likely N-dealkylation sites (N-methyl/N-ethyl adjacent to an activating group) is 1. The highest BCUT2D eigenvalue weighted by Gasteiger charge is 2.26. The van der Waals surface area contributed by atoms with Crippen LogP contribution in [0, 0.1) is 5.92 Å². The van der Waals surface area contributed by atoms with Gasteiger partial charge in [-0.1, -0.05) is 13.8 Å². The average molecular weight is 243 g/mol. The summed E-state index contributed by atoms with van der Waals surface area (Å²) in [6, 6.07) is 0. The van der Waals surface area contributed by atoms with E-state index < -0.39 is 0 Å². The molecule has 1 unspecified atom stereocenters. The monoisotopic (exact) mass is 243 g/mol. The quantitative estimate of drug-likeness (QED) is 0.700. The highest BCUT2D eigenvalue weighted by Crippen LogP contribution is 2.10. The third-order valence-electron chi connectivity index (χ3n) is 3.61. The van der Waals surface area contributed by atoms with Gasteiger partial charge in [-0.15, -0.1) is 0 Å². The molecule has 1 rings (SSSR count). The molecule has 0 bridgehead atoms. The molecular weight excluding hydrogens is 214 g/mol. The lowest BCUT2D eigenvalue weighted by Gasteiger charge is -2.40. The van der Waals surface area contributed by atoms with Gasteiger partial charge in [-0.3, -0.25) is 4.90 Å². The van der Waals surface area contributed by atoms with Crippen molar-refractivity contribution in [3.8, 4) is 0 Å². The van der Waals surface area contributed by atoms with E-state index in [-0.39, 0.29) is 12.1 Å². The lowest BCUT2D eigenvalue weighted by atomic mass is 10.0. The molecule has 1 fully saturated rings. The van der Waals surface area contributed by atoms with Crippen LogP contribution in [0.2, 0.25) is 0 Å². The third-order valence-corrected chi connectivity index (χ3v) is 3.61. The van der Waals surface area contributed by atoms with Gasteiger partial charge >= 0.3 is 0 Å². The molecule has 0 spiro atoms. The van der Waals surface area contributed by atoms with Crippen molar-refractivity contribution in [2.24, 2.45) is 5.92 Å². The fourth-order valence-electron chi connectivity index (χ4n) is 2.35. The minimum atomic E-state index is -0.166. The van der Waals surface area contributed by atoms with Crippen molar-refractivity contribution >= 4 is 0 Å². The first-order valence-electron chi connectivity index (χ1n) is 6.73. The molecule has 1 heterocycles. The standard InChI is InChI=1S/C13H29N3O/c1-12(2)9-15-5-7-16(8-6-15)10-13(3,11-17)14-4/h12,14,17H,5-11H2,1-4H3. The van der Waals surface area contributed by atoms with Crippen LogP contribution < -0.4 is 5.32 Å². The Morgan fingerprint density at radius 2 is 1.71 bits per heavy atom. The third kappa shape index (κ3) is 4.92. The van der Waals surface area contributed by atoms with Gasteiger partial charge in [0.1, 0.15) is 0 Å². The molecule has 4 nitrogen and oxygen atoms in total.